The van der Waals surface area contributed by atoms with Crippen molar-refractivity contribution in [1.82, 2.24) is 29.0 Å². The van der Waals surface area contributed by atoms with E-state index in [-0.39, 0.29) is 5.91 Å². The molecule has 3 aliphatic rings. The van der Waals surface area contributed by atoms with Gasteiger partial charge in [-0.05, 0) is 57.9 Å². The maximum Gasteiger partial charge on any atom is 0.271 e. The quantitative estimate of drug-likeness (QED) is 0.460. The molecule has 0 bridgehead atoms. The number of amides is 1. The fourth-order valence-corrected chi connectivity index (χ4v) is 6.36. The minimum atomic E-state index is 0.154. The molecule has 1 amide bonds. The van der Waals surface area contributed by atoms with Crippen LogP contribution in [0.5, 0.6) is 0 Å². The van der Waals surface area contributed by atoms with Crippen LogP contribution in [0.2, 0.25) is 0 Å². The van der Waals surface area contributed by atoms with Crippen LogP contribution in [-0.2, 0) is 26.4 Å². The summed E-state index contributed by atoms with van der Waals surface area (Å²) in [5.74, 6) is 0.861. The summed E-state index contributed by atoms with van der Waals surface area (Å²) < 4.78 is 4.11. The van der Waals surface area contributed by atoms with E-state index in [2.05, 4.69) is 26.7 Å². The first-order valence-electron chi connectivity index (χ1n) is 12.0. The molecular formula is C24H27N7OS. The van der Waals surface area contributed by atoms with Gasteiger partial charge in [0, 0.05) is 35.9 Å². The number of fused-ring (bicyclic) bond motifs is 4. The number of carbonyl (C=O) groups is 1. The van der Waals surface area contributed by atoms with Crippen molar-refractivity contribution in [3.63, 3.8) is 0 Å². The van der Waals surface area contributed by atoms with Crippen LogP contribution in [0, 0.1) is 0 Å². The van der Waals surface area contributed by atoms with Gasteiger partial charge in [0.15, 0.2) is 10.9 Å². The molecule has 0 atom stereocenters. The molecule has 4 heterocycles. The van der Waals surface area contributed by atoms with Crippen LogP contribution in [-0.4, -0.2) is 47.0 Å². The van der Waals surface area contributed by atoms with E-state index >= 15 is 0 Å². The van der Waals surface area contributed by atoms with Gasteiger partial charge < -0.3 is 19.4 Å². The summed E-state index contributed by atoms with van der Waals surface area (Å²) in [6.07, 6.45) is 9.71. The lowest BCUT2D eigenvalue weighted by atomic mass is 10.2. The number of hydrogen-bond acceptors (Lipinski definition) is 6. The van der Waals surface area contributed by atoms with Crippen molar-refractivity contribution in [2.75, 3.05) is 5.32 Å². The lowest BCUT2D eigenvalue weighted by Gasteiger charge is -2.22. The van der Waals surface area contributed by atoms with Crippen LogP contribution in [0.3, 0.4) is 0 Å². The average molecular weight is 462 g/mol. The third-order valence-electron chi connectivity index (χ3n) is 7.17. The highest BCUT2D eigenvalue weighted by molar-refractivity contribution is 7.15. The maximum atomic E-state index is 13.7. The second-order valence-electron chi connectivity index (χ2n) is 9.57. The molecule has 0 unspecified atom stereocenters. The molecule has 1 N–H and O–H groups in total. The zero-order valence-corrected chi connectivity index (χ0v) is 19.8. The number of thiazole rings is 1. The number of aryl methyl sites for hydroxylation is 4. The summed E-state index contributed by atoms with van der Waals surface area (Å²) in [6, 6.07) is 2.88. The van der Waals surface area contributed by atoms with Gasteiger partial charge in [-0.2, -0.15) is 0 Å². The van der Waals surface area contributed by atoms with Gasteiger partial charge in [0.1, 0.15) is 16.9 Å². The van der Waals surface area contributed by atoms with E-state index in [1.54, 1.807) is 11.3 Å². The van der Waals surface area contributed by atoms with Crippen LogP contribution < -0.4 is 5.32 Å². The number of pyridine rings is 1. The van der Waals surface area contributed by atoms with Gasteiger partial charge in [0.2, 0.25) is 0 Å². The second-order valence-corrected chi connectivity index (χ2v) is 10.7. The Morgan fingerprint density at radius 1 is 1.21 bits per heavy atom. The van der Waals surface area contributed by atoms with E-state index in [1.165, 1.54) is 17.0 Å². The standard InChI is InChI=1S/C24H27N7OS/c1-3-30-17(23(32)31(13-7-8-13)14-9-10-14)11-15-20-19(25-12-29(20)2)21(27-22(15)30)28-24-26-16-5-4-6-18(16)33-24/h11-14H,3-10H2,1-2H3,(H,26,27,28). The average Bonchev–Trinajstić information content (AvgIpc) is 3.65. The van der Waals surface area contributed by atoms with Gasteiger partial charge >= 0.3 is 0 Å². The third kappa shape index (κ3) is 3.01. The molecule has 0 spiro atoms. The summed E-state index contributed by atoms with van der Waals surface area (Å²) in [7, 11) is 2.00. The smallest absolute Gasteiger partial charge is 0.271 e. The predicted molar refractivity (Wildman–Crippen MR) is 129 cm³/mol. The van der Waals surface area contributed by atoms with Gasteiger partial charge in [0.25, 0.3) is 5.91 Å². The molecule has 2 saturated carbocycles. The normalized spacial score (nSPS) is 17.8. The largest absolute Gasteiger partial charge is 0.333 e. The van der Waals surface area contributed by atoms with Gasteiger partial charge in [-0.1, -0.05) is 0 Å². The van der Waals surface area contributed by atoms with Crippen LogP contribution in [0.15, 0.2) is 12.4 Å². The Labute approximate surface area is 195 Å². The maximum absolute atomic E-state index is 13.7. The minimum absolute atomic E-state index is 0.154. The number of nitrogens with zero attached hydrogens (tertiary/aromatic N) is 6. The highest BCUT2D eigenvalue weighted by Crippen LogP contribution is 2.40. The Morgan fingerprint density at radius 2 is 2.00 bits per heavy atom. The number of carbonyl (C=O) groups excluding carboxylic acids is 1. The van der Waals surface area contributed by atoms with Crippen LogP contribution in [0.4, 0.5) is 10.9 Å². The molecule has 170 valence electrons. The first-order valence-corrected chi connectivity index (χ1v) is 12.9. The summed E-state index contributed by atoms with van der Waals surface area (Å²) in [5.41, 5.74) is 4.60. The van der Waals surface area contributed by atoms with Crippen molar-refractivity contribution in [3.05, 3.63) is 28.7 Å². The van der Waals surface area contributed by atoms with Crippen molar-refractivity contribution >= 4 is 50.3 Å². The Bertz CT molecular complexity index is 1390. The van der Waals surface area contributed by atoms with Crippen molar-refractivity contribution in [2.24, 2.45) is 7.05 Å². The molecule has 4 aromatic rings. The molecule has 4 aromatic heterocycles. The lowest BCUT2D eigenvalue weighted by Crippen LogP contribution is -2.36. The number of rotatable bonds is 6. The zero-order valence-electron chi connectivity index (χ0n) is 19.0. The number of anilines is 2. The van der Waals surface area contributed by atoms with Gasteiger partial charge in [-0.3, -0.25) is 4.79 Å². The Kier molecular flexibility index (Phi) is 4.16. The summed E-state index contributed by atoms with van der Waals surface area (Å²) in [5, 5.41) is 5.32. The molecule has 0 radical (unpaired) electrons. The Hall–Kier alpha value is -2.94. The number of hydrogen-bond donors (Lipinski definition) is 1. The van der Waals surface area contributed by atoms with Crippen molar-refractivity contribution in [3.8, 4) is 0 Å². The van der Waals surface area contributed by atoms with Crippen LogP contribution in [0.1, 0.15) is 60.1 Å². The number of aromatic nitrogens is 5. The van der Waals surface area contributed by atoms with Gasteiger partial charge in [0.05, 0.1) is 17.5 Å². The Balaban J connectivity index is 1.37. The second kappa shape index (κ2) is 7.03. The summed E-state index contributed by atoms with van der Waals surface area (Å²) >= 11 is 1.72. The van der Waals surface area contributed by atoms with E-state index in [1.807, 2.05) is 24.0 Å². The van der Waals surface area contributed by atoms with E-state index in [4.69, 9.17) is 9.97 Å². The number of imidazole rings is 1. The van der Waals surface area contributed by atoms with Crippen LogP contribution >= 0.6 is 11.3 Å². The van der Waals surface area contributed by atoms with Gasteiger partial charge in [-0.15, -0.1) is 11.3 Å². The summed E-state index contributed by atoms with van der Waals surface area (Å²) in [6.45, 7) is 2.78. The van der Waals surface area contributed by atoms with Crippen molar-refractivity contribution in [2.45, 2.75) is 70.5 Å². The molecule has 33 heavy (non-hydrogen) atoms. The van der Waals surface area contributed by atoms with E-state index in [0.29, 0.717) is 24.4 Å². The molecule has 7 rings (SSSR count). The molecule has 0 saturated heterocycles. The first kappa shape index (κ1) is 19.5. The third-order valence-corrected chi connectivity index (χ3v) is 8.25. The predicted octanol–water partition coefficient (Wildman–Crippen LogP) is 4.40. The van der Waals surface area contributed by atoms with Crippen LogP contribution in [0.25, 0.3) is 22.1 Å². The molecule has 2 fully saturated rings. The van der Waals surface area contributed by atoms with Crippen molar-refractivity contribution < 1.29 is 4.79 Å². The molecule has 9 heteroatoms. The summed E-state index contributed by atoms with van der Waals surface area (Å²) in [4.78, 5) is 31.7. The van der Waals surface area contributed by atoms with E-state index < -0.39 is 0 Å². The lowest BCUT2D eigenvalue weighted by molar-refractivity contribution is 0.0719. The highest BCUT2D eigenvalue weighted by Gasteiger charge is 2.43. The molecule has 3 aliphatic carbocycles. The highest BCUT2D eigenvalue weighted by atomic mass is 32.1. The van der Waals surface area contributed by atoms with E-state index in [9.17, 15) is 4.79 Å². The molecule has 8 nitrogen and oxygen atoms in total. The van der Waals surface area contributed by atoms with Crippen molar-refractivity contribution in [1.29, 1.82) is 0 Å². The Morgan fingerprint density at radius 3 is 2.70 bits per heavy atom. The number of nitrogens with one attached hydrogen (secondary N) is 1. The minimum Gasteiger partial charge on any atom is -0.333 e. The SMILES string of the molecule is CCn1c(C(=O)N(C2CC2)C2CC2)cc2c3c(ncn3C)c(Nc3nc4c(s3)CCC4)nc21. The topological polar surface area (TPSA) is 80.9 Å². The fraction of sp³-hybridized carbons (Fsp3) is 0.500. The first-order chi connectivity index (χ1) is 16.1. The van der Waals surface area contributed by atoms with E-state index in [0.717, 1.165) is 71.4 Å². The molecule has 0 aliphatic heterocycles. The fourth-order valence-electron chi connectivity index (χ4n) is 5.31. The molecular weight excluding hydrogens is 434 g/mol. The zero-order chi connectivity index (χ0) is 22.3. The monoisotopic (exact) mass is 461 g/mol. The van der Waals surface area contributed by atoms with Gasteiger partial charge in [-0.25, -0.2) is 15.0 Å². The molecule has 0 aromatic carbocycles.